The number of sulfonamides is 2. The second-order valence-corrected chi connectivity index (χ2v) is 12.4. The number of fused-ring (bicyclic) bond motifs is 1. The number of aromatic nitrogens is 1. The Morgan fingerprint density at radius 1 is 1.06 bits per heavy atom. The molecule has 34 heavy (non-hydrogen) atoms. The van der Waals surface area contributed by atoms with Crippen LogP contribution in [-0.4, -0.2) is 40.0 Å². The molecule has 1 heterocycles. The average molecular weight is 524 g/mol. The summed E-state index contributed by atoms with van der Waals surface area (Å²) in [6.45, 7) is 0. The molecule has 0 spiro atoms. The fraction of sp³-hybridized carbons (Fsp3) is 0.348. The third-order valence-corrected chi connectivity index (χ3v) is 8.49. The van der Waals surface area contributed by atoms with Gasteiger partial charge in [0, 0.05) is 16.9 Å². The summed E-state index contributed by atoms with van der Waals surface area (Å²) in [4.78, 5) is 15.6. The van der Waals surface area contributed by atoms with Crippen molar-refractivity contribution in [2.75, 3.05) is 6.26 Å². The third kappa shape index (κ3) is 5.63. The minimum absolute atomic E-state index is 0.0394. The summed E-state index contributed by atoms with van der Waals surface area (Å²) in [5.41, 5.74) is 2.34. The molecule has 3 aromatic rings. The number of hydrogen-bond donors (Lipinski definition) is 3. The zero-order chi connectivity index (χ0) is 24.5. The van der Waals surface area contributed by atoms with Crippen LogP contribution < -0.4 is 9.44 Å². The van der Waals surface area contributed by atoms with Gasteiger partial charge >= 0.3 is 0 Å². The van der Waals surface area contributed by atoms with Crippen molar-refractivity contribution in [3.63, 3.8) is 0 Å². The van der Waals surface area contributed by atoms with E-state index in [9.17, 15) is 21.6 Å². The standard InChI is InChI=1S/C23H26ClN3O5S2/c1-33(29,30)27-22(28)14-18-17-9-5-6-10-20(17)25-23(18)15-11-12-19(24)21(13-15)34(31,32)26-16-7-3-2-4-8-16/h5-6,9-13,16,25-26H,2-4,7-8,14H2,1H3,(H,27,28). The zero-order valence-electron chi connectivity index (χ0n) is 18.6. The topological polar surface area (TPSA) is 125 Å². The SMILES string of the molecule is CS(=O)(=O)NC(=O)Cc1c(-c2ccc(Cl)c(S(=O)(=O)NC3CCCCC3)c2)[nH]c2ccccc12. The molecule has 1 aromatic heterocycles. The summed E-state index contributed by atoms with van der Waals surface area (Å²) in [5.74, 6) is -0.686. The van der Waals surface area contributed by atoms with Crippen molar-refractivity contribution in [2.45, 2.75) is 49.5 Å². The maximum Gasteiger partial charge on any atom is 0.242 e. The normalized spacial score (nSPS) is 15.5. The first-order valence-corrected chi connectivity index (χ1v) is 14.7. The molecule has 0 saturated heterocycles. The molecule has 0 atom stereocenters. The number of carbonyl (C=O) groups is 1. The minimum Gasteiger partial charge on any atom is -0.354 e. The lowest BCUT2D eigenvalue weighted by molar-refractivity contribution is -0.118. The predicted molar refractivity (Wildman–Crippen MR) is 133 cm³/mol. The summed E-state index contributed by atoms with van der Waals surface area (Å²) in [5, 5.41) is 0.834. The molecule has 1 fully saturated rings. The van der Waals surface area contributed by atoms with E-state index >= 15 is 0 Å². The molecule has 0 bridgehead atoms. The maximum absolute atomic E-state index is 13.2. The summed E-state index contributed by atoms with van der Waals surface area (Å²) < 4.78 is 54.1. The Hall–Kier alpha value is -2.40. The molecular weight excluding hydrogens is 498 g/mol. The Balaban J connectivity index is 1.75. The molecule has 4 rings (SSSR count). The van der Waals surface area contributed by atoms with Gasteiger partial charge in [0.05, 0.1) is 23.4 Å². The highest BCUT2D eigenvalue weighted by molar-refractivity contribution is 7.89. The summed E-state index contributed by atoms with van der Waals surface area (Å²) in [6, 6.07) is 11.8. The van der Waals surface area contributed by atoms with Crippen LogP contribution in [0.3, 0.4) is 0 Å². The first-order valence-electron chi connectivity index (χ1n) is 11.0. The van der Waals surface area contributed by atoms with Crippen molar-refractivity contribution in [1.29, 1.82) is 0 Å². The molecule has 1 aliphatic rings. The first-order chi connectivity index (χ1) is 16.0. The lowest BCUT2D eigenvalue weighted by atomic mass is 9.96. The van der Waals surface area contributed by atoms with E-state index in [0.29, 0.717) is 16.8 Å². The van der Waals surface area contributed by atoms with Crippen LogP contribution in [0.1, 0.15) is 37.7 Å². The number of benzene rings is 2. The smallest absolute Gasteiger partial charge is 0.242 e. The number of para-hydroxylation sites is 1. The third-order valence-electron chi connectivity index (χ3n) is 5.89. The van der Waals surface area contributed by atoms with Crippen LogP contribution in [0.25, 0.3) is 22.2 Å². The van der Waals surface area contributed by atoms with E-state index in [1.807, 2.05) is 29.0 Å². The van der Waals surface area contributed by atoms with Crippen LogP contribution in [0.4, 0.5) is 0 Å². The van der Waals surface area contributed by atoms with Crippen molar-refractivity contribution in [2.24, 2.45) is 0 Å². The second kappa shape index (κ2) is 9.69. The Morgan fingerprint density at radius 3 is 2.47 bits per heavy atom. The molecule has 1 aliphatic carbocycles. The molecule has 8 nitrogen and oxygen atoms in total. The van der Waals surface area contributed by atoms with Gasteiger partial charge in [0.2, 0.25) is 26.0 Å². The van der Waals surface area contributed by atoms with Crippen LogP contribution in [0.2, 0.25) is 5.02 Å². The van der Waals surface area contributed by atoms with E-state index in [2.05, 4.69) is 9.71 Å². The van der Waals surface area contributed by atoms with Gasteiger partial charge < -0.3 is 4.98 Å². The highest BCUT2D eigenvalue weighted by atomic mass is 35.5. The number of amides is 1. The Bertz CT molecular complexity index is 1440. The van der Waals surface area contributed by atoms with Gasteiger partial charge in [-0.3, -0.25) is 9.52 Å². The van der Waals surface area contributed by atoms with Gasteiger partial charge in [0.1, 0.15) is 4.90 Å². The zero-order valence-corrected chi connectivity index (χ0v) is 21.0. The van der Waals surface area contributed by atoms with E-state index in [1.165, 1.54) is 12.1 Å². The molecular formula is C23H26ClN3O5S2. The predicted octanol–water partition coefficient (Wildman–Crippen LogP) is 3.72. The largest absolute Gasteiger partial charge is 0.354 e. The second-order valence-electron chi connectivity index (χ2n) is 8.60. The van der Waals surface area contributed by atoms with E-state index in [1.54, 1.807) is 6.07 Å². The molecule has 2 aromatic carbocycles. The van der Waals surface area contributed by atoms with Gasteiger partial charge in [-0.15, -0.1) is 0 Å². The number of H-pyrrole nitrogens is 1. The van der Waals surface area contributed by atoms with Crippen molar-refractivity contribution in [3.05, 3.63) is 53.1 Å². The molecule has 0 aliphatic heterocycles. The number of halogens is 1. The van der Waals surface area contributed by atoms with E-state index in [-0.39, 0.29) is 22.4 Å². The highest BCUT2D eigenvalue weighted by Gasteiger charge is 2.25. The molecule has 0 unspecified atom stereocenters. The monoisotopic (exact) mass is 523 g/mol. The van der Waals surface area contributed by atoms with Crippen LogP contribution in [0, 0.1) is 0 Å². The summed E-state index contributed by atoms with van der Waals surface area (Å²) >= 11 is 6.30. The summed E-state index contributed by atoms with van der Waals surface area (Å²) in [7, 11) is -7.58. The average Bonchev–Trinajstić information content (AvgIpc) is 3.11. The van der Waals surface area contributed by atoms with Gasteiger partial charge in [-0.05, 0) is 42.2 Å². The van der Waals surface area contributed by atoms with Gasteiger partial charge in [0.25, 0.3) is 0 Å². The molecule has 1 saturated carbocycles. The van der Waals surface area contributed by atoms with Gasteiger partial charge in [0.15, 0.2) is 0 Å². The number of carbonyl (C=O) groups excluding carboxylic acids is 1. The van der Waals surface area contributed by atoms with Crippen LogP contribution in [0.5, 0.6) is 0 Å². The van der Waals surface area contributed by atoms with Gasteiger partial charge in [-0.25, -0.2) is 21.6 Å². The van der Waals surface area contributed by atoms with Crippen LogP contribution in [-0.2, 0) is 31.3 Å². The van der Waals surface area contributed by atoms with Crippen LogP contribution >= 0.6 is 11.6 Å². The van der Waals surface area contributed by atoms with E-state index in [0.717, 1.165) is 49.3 Å². The molecule has 182 valence electrons. The van der Waals surface area contributed by atoms with Crippen molar-refractivity contribution in [3.8, 4) is 11.3 Å². The molecule has 3 N–H and O–H groups in total. The number of nitrogens with one attached hydrogen (secondary N) is 3. The van der Waals surface area contributed by atoms with Crippen molar-refractivity contribution in [1.82, 2.24) is 14.4 Å². The van der Waals surface area contributed by atoms with Crippen LogP contribution in [0.15, 0.2) is 47.4 Å². The Kier molecular flexibility index (Phi) is 7.04. The highest BCUT2D eigenvalue weighted by Crippen LogP contribution is 2.34. The fourth-order valence-corrected chi connectivity index (χ4v) is 6.72. The van der Waals surface area contributed by atoms with Gasteiger partial charge in [-0.2, -0.15) is 0 Å². The van der Waals surface area contributed by atoms with E-state index in [4.69, 9.17) is 11.6 Å². The lowest BCUT2D eigenvalue weighted by Crippen LogP contribution is -2.36. The number of rotatable bonds is 7. The fourth-order valence-electron chi connectivity index (χ4n) is 4.40. The quantitative estimate of drug-likeness (QED) is 0.435. The Morgan fingerprint density at radius 2 is 1.76 bits per heavy atom. The van der Waals surface area contributed by atoms with Crippen molar-refractivity contribution < 1.29 is 21.6 Å². The maximum atomic E-state index is 13.2. The minimum atomic E-state index is -3.87. The Labute approximate surface area is 204 Å². The van der Waals surface area contributed by atoms with Gasteiger partial charge in [-0.1, -0.05) is 55.1 Å². The number of hydrogen-bond acceptors (Lipinski definition) is 5. The molecule has 11 heteroatoms. The lowest BCUT2D eigenvalue weighted by Gasteiger charge is -2.23. The molecule has 0 radical (unpaired) electrons. The first kappa shape index (κ1) is 24.7. The summed E-state index contributed by atoms with van der Waals surface area (Å²) in [6.07, 6.45) is 5.35. The molecule has 1 amide bonds. The number of aromatic amines is 1. The van der Waals surface area contributed by atoms with E-state index < -0.39 is 26.0 Å². The van der Waals surface area contributed by atoms with Crippen molar-refractivity contribution >= 4 is 48.5 Å².